The second kappa shape index (κ2) is 10.6. The van der Waals surface area contributed by atoms with Crippen molar-refractivity contribution in [3.05, 3.63) is 150 Å². The van der Waals surface area contributed by atoms with Crippen LogP contribution in [-0.4, -0.2) is 15.0 Å². The van der Waals surface area contributed by atoms with Crippen LogP contribution in [0.1, 0.15) is 48.9 Å². The lowest BCUT2D eigenvalue weighted by molar-refractivity contribution is 0.490. The fourth-order valence-electron chi connectivity index (χ4n) is 8.67. The Morgan fingerprint density at radius 3 is 2.10 bits per heavy atom. The highest BCUT2D eigenvalue weighted by Crippen LogP contribution is 2.56. The van der Waals surface area contributed by atoms with Gasteiger partial charge in [-0.3, -0.25) is 0 Å². The van der Waals surface area contributed by atoms with E-state index in [-0.39, 0.29) is 5.41 Å². The molecule has 4 heteroatoms. The van der Waals surface area contributed by atoms with Crippen molar-refractivity contribution in [1.29, 1.82) is 0 Å². The topological polar surface area (TPSA) is 51.8 Å². The van der Waals surface area contributed by atoms with Gasteiger partial charge in [0.15, 0.2) is 17.5 Å². The van der Waals surface area contributed by atoms with Crippen molar-refractivity contribution in [3.63, 3.8) is 0 Å². The molecular formula is C45H33N3O. The third-order valence-corrected chi connectivity index (χ3v) is 11.1. The molecule has 0 radical (unpaired) electrons. The SMILES string of the molecule is CCC1(CC)c2cc(-c3nc(-c4ccccc4)nc(-c4cccc5c4-c4ccccc4C5)n3)ccc2-c2c1ccc1oc3ccccc3c21. The van der Waals surface area contributed by atoms with Crippen LogP contribution in [0.25, 0.3) is 78.4 Å². The summed E-state index contributed by atoms with van der Waals surface area (Å²) in [6, 6.07) is 45.2. The van der Waals surface area contributed by atoms with E-state index in [1.54, 1.807) is 0 Å². The maximum absolute atomic E-state index is 6.36. The molecular weight excluding hydrogens is 599 g/mol. The lowest BCUT2D eigenvalue weighted by Crippen LogP contribution is -2.23. The monoisotopic (exact) mass is 631 g/mol. The average molecular weight is 632 g/mol. The maximum atomic E-state index is 6.36. The number of benzene rings is 6. The number of nitrogens with zero attached hydrogens (tertiary/aromatic N) is 3. The molecule has 0 spiro atoms. The molecule has 49 heavy (non-hydrogen) atoms. The predicted molar refractivity (Wildman–Crippen MR) is 198 cm³/mol. The van der Waals surface area contributed by atoms with Crippen molar-refractivity contribution in [2.45, 2.75) is 38.5 Å². The molecule has 10 rings (SSSR count). The van der Waals surface area contributed by atoms with E-state index in [4.69, 9.17) is 19.4 Å². The zero-order valence-electron chi connectivity index (χ0n) is 27.5. The van der Waals surface area contributed by atoms with Crippen molar-refractivity contribution in [2.24, 2.45) is 0 Å². The second-order valence-corrected chi connectivity index (χ2v) is 13.4. The summed E-state index contributed by atoms with van der Waals surface area (Å²) in [5, 5.41) is 2.37. The molecule has 4 nitrogen and oxygen atoms in total. The zero-order valence-corrected chi connectivity index (χ0v) is 27.5. The second-order valence-electron chi connectivity index (χ2n) is 13.4. The fraction of sp³-hybridized carbons (Fsp3) is 0.133. The molecule has 0 atom stereocenters. The maximum Gasteiger partial charge on any atom is 0.164 e. The number of hydrogen-bond acceptors (Lipinski definition) is 4. The van der Waals surface area contributed by atoms with E-state index in [0.29, 0.717) is 17.5 Å². The molecule has 0 amide bonds. The first-order valence-electron chi connectivity index (χ1n) is 17.3. The summed E-state index contributed by atoms with van der Waals surface area (Å²) in [4.78, 5) is 15.6. The molecule has 234 valence electrons. The average Bonchev–Trinajstić information content (AvgIpc) is 3.82. The smallest absolute Gasteiger partial charge is 0.164 e. The Balaban J connectivity index is 1.20. The Bertz CT molecular complexity index is 2610. The molecule has 0 saturated heterocycles. The quantitative estimate of drug-likeness (QED) is 0.190. The van der Waals surface area contributed by atoms with Crippen LogP contribution in [-0.2, 0) is 11.8 Å². The highest BCUT2D eigenvalue weighted by atomic mass is 16.3. The molecule has 0 aliphatic heterocycles. The summed E-state index contributed by atoms with van der Waals surface area (Å²) in [6.07, 6.45) is 2.90. The fourth-order valence-corrected chi connectivity index (χ4v) is 8.67. The lowest BCUT2D eigenvalue weighted by Gasteiger charge is -2.29. The Morgan fingerprint density at radius 1 is 0.531 bits per heavy atom. The van der Waals surface area contributed by atoms with Crippen molar-refractivity contribution in [1.82, 2.24) is 15.0 Å². The summed E-state index contributed by atoms with van der Waals surface area (Å²) in [6.45, 7) is 4.63. The van der Waals surface area contributed by atoms with Crippen LogP contribution in [0.4, 0.5) is 0 Å². The Kier molecular flexibility index (Phi) is 6.07. The Labute approximate surface area is 285 Å². The minimum Gasteiger partial charge on any atom is -0.456 e. The summed E-state index contributed by atoms with van der Waals surface area (Å²) in [7, 11) is 0. The number of fused-ring (bicyclic) bond motifs is 10. The van der Waals surface area contributed by atoms with E-state index in [1.807, 2.05) is 24.3 Å². The van der Waals surface area contributed by atoms with Crippen LogP contribution in [0.3, 0.4) is 0 Å². The van der Waals surface area contributed by atoms with E-state index in [2.05, 4.69) is 117 Å². The van der Waals surface area contributed by atoms with Gasteiger partial charge in [0.05, 0.1) is 0 Å². The van der Waals surface area contributed by atoms with Gasteiger partial charge in [-0.2, -0.15) is 0 Å². The van der Waals surface area contributed by atoms with Gasteiger partial charge < -0.3 is 4.42 Å². The van der Waals surface area contributed by atoms with Crippen molar-refractivity contribution in [3.8, 4) is 56.4 Å². The Hall–Kier alpha value is -5.87. The van der Waals surface area contributed by atoms with Gasteiger partial charge in [0.25, 0.3) is 0 Å². The number of furan rings is 1. The minimum absolute atomic E-state index is 0.130. The van der Waals surface area contributed by atoms with Gasteiger partial charge in [0.2, 0.25) is 0 Å². The van der Waals surface area contributed by atoms with E-state index < -0.39 is 0 Å². The molecule has 2 heterocycles. The van der Waals surface area contributed by atoms with Gasteiger partial charge >= 0.3 is 0 Å². The van der Waals surface area contributed by atoms with Gasteiger partial charge in [-0.25, -0.2) is 15.0 Å². The summed E-state index contributed by atoms with van der Waals surface area (Å²) >= 11 is 0. The molecule has 2 aromatic heterocycles. The van der Waals surface area contributed by atoms with E-state index in [1.165, 1.54) is 55.3 Å². The van der Waals surface area contributed by atoms with Crippen LogP contribution < -0.4 is 0 Å². The molecule has 2 aliphatic carbocycles. The van der Waals surface area contributed by atoms with Crippen LogP contribution in [0, 0.1) is 0 Å². The predicted octanol–water partition coefficient (Wildman–Crippen LogP) is 11.4. The molecule has 0 saturated carbocycles. The normalized spacial score (nSPS) is 13.8. The molecule has 8 aromatic rings. The highest BCUT2D eigenvalue weighted by molar-refractivity contribution is 6.15. The molecule has 0 fully saturated rings. The molecule has 2 aliphatic rings. The van der Waals surface area contributed by atoms with Crippen LogP contribution >= 0.6 is 0 Å². The standard InChI is InChI=1S/C45H33N3O/c1-3-45(4-2)35-23-24-38-41(33-18-10-11-20-37(33)49-38)40(35)32-22-21-30(26-36(32)45)43-46-42(27-13-6-5-7-14-27)47-44(48-43)34-19-12-16-29-25-28-15-8-9-17-31(28)39(29)34/h5-24,26H,3-4,25H2,1-2H3. The van der Waals surface area contributed by atoms with Gasteiger partial charge in [0.1, 0.15) is 11.2 Å². The van der Waals surface area contributed by atoms with Gasteiger partial charge in [0, 0.05) is 32.9 Å². The van der Waals surface area contributed by atoms with Crippen LogP contribution in [0.15, 0.2) is 132 Å². The number of rotatable bonds is 5. The van der Waals surface area contributed by atoms with Crippen LogP contribution in [0.5, 0.6) is 0 Å². The van der Waals surface area contributed by atoms with Crippen molar-refractivity contribution >= 4 is 21.9 Å². The lowest BCUT2D eigenvalue weighted by atomic mass is 9.73. The van der Waals surface area contributed by atoms with E-state index in [0.717, 1.165) is 47.1 Å². The first-order valence-corrected chi connectivity index (χ1v) is 17.3. The van der Waals surface area contributed by atoms with Gasteiger partial charge in [-0.05, 0) is 82.0 Å². The third kappa shape index (κ3) is 4.01. The first kappa shape index (κ1) is 28.2. The first-order chi connectivity index (χ1) is 24.2. The Morgan fingerprint density at radius 2 is 1.24 bits per heavy atom. The summed E-state index contributed by atoms with van der Waals surface area (Å²) in [5.74, 6) is 2.06. The molecule has 6 aromatic carbocycles. The minimum atomic E-state index is -0.130. The summed E-state index contributed by atoms with van der Waals surface area (Å²) < 4.78 is 6.36. The number of para-hydroxylation sites is 1. The number of aromatic nitrogens is 3. The van der Waals surface area contributed by atoms with Crippen molar-refractivity contribution < 1.29 is 4.42 Å². The highest BCUT2D eigenvalue weighted by Gasteiger charge is 2.42. The largest absolute Gasteiger partial charge is 0.456 e. The summed E-state index contributed by atoms with van der Waals surface area (Å²) in [5.41, 5.74) is 15.2. The molecule has 0 N–H and O–H groups in total. The van der Waals surface area contributed by atoms with Crippen molar-refractivity contribution in [2.75, 3.05) is 0 Å². The molecule has 0 unspecified atom stereocenters. The third-order valence-electron chi connectivity index (χ3n) is 11.1. The van der Waals surface area contributed by atoms with Gasteiger partial charge in [-0.1, -0.05) is 123 Å². The van der Waals surface area contributed by atoms with Gasteiger partial charge in [-0.15, -0.1) is 0 Å². The zero-order chi connectivity index (χ0) is 32.7. The van der Waals surface area contributed by atoms with E-state index in [9.17, 15) is 0 Å². The molecule has 0 bridgehead atoms. The van der Waals surface area contributed by atoms with Crippen LogP contribution in [0.2, 0.25) is 0 Å². The van der Waals surface area contributed by atoms with E-state index >= 15 is 0 Å². The number of hydrogen-bond donors (Lipinski definition) is 0.